The van der Waals surface area contributed by atoms with Crippen molar-refractivity contribution in [2.45, 2.75) is 18.9 Å². The summed E-state index contributed by atoms with van der Waals surface area (Å²) in [4.78, 5) is 24.1. The maximum Gasteiger partial charge on any atom is 0.330 e. The number of nitrogens with one attached hydrogen (secondary N) is 1. The summed E-state index contributed by atoms with van der Waals surface area (Å²) in [5, 5.41) is 12.1. The Morgan fingerprint density at radius 3 is 2.63 bits per heavy atom. The Labute approximate surface area is 156 Å². The molecule has 1 aliphatic rings. The topological polar surface area (TPSA) is 94.1 Å². The highest BCUT2D eigenvalue weighted by molar-refractivity contribution is 5.86. The molecule has 7 nitrogen and oxygen atoms in total. The first-order valence-electron chi connectivity index (χ1n) is 8.50. The van der Waals surface area contributed by atoms with Gasteiger partial charge in [0.05, 0.1) is 27.2 Å². The van der Waals surface area contributed by atoms with Crippen LogP contribution in [0, 0.1) is 0 Å². The first-order chi connectivity index (χ1) is 13.0. The van der Waals surface area contributed by atoms with Crippen molar-refractivity contribution in [1.82, 2.24) is 5.32 Å². The number of carbonyl (C=O) groups is 2. The van der Waals surface area contributed by atoms with Crippen LogP contribution in [0.2, 0.25) is 0 Å². The van der Waals surface area contributed by atoms with E-state index in [0.29, 0.717) is 29.2 Å². The van der Waals surface area contributed by atoms with Gasteiger partial charge >= 0.3 is 5.97 Å². The van der Waals surface area contributed by atoms with E-state index in [9.17, 15) is 14.7 Å². The number of benzene rings is 2. The quantitative estimate of drug-likeness (QED) is 0.774. The highest BCUT2D eigenvalue weighted by atomic mass is 16.5. The molecule has 2 aromatic rings. The molecule has 0 aliphatic carbocycles. The molecule has 1 aliphatic heterocycles. The second kappa shape index (κ2) is 7.99. The van der Waals surface area contributed by atoms with Gasteiger partial charge in [-0.3, -0.25) is 4.79 Å². The van der Waals surface area contributed by atoms with Crippen molar-refractivity contribution in [2.24, 2.45) is 0 Å². The van der Waals surface area contributed by atoms with Crippen LogP contribution in [0.1, 0.15) is 22.7 Å². The Hall–Kier alpha value is -3.22. The average Bonchev–Trinajstić information content (AvgIpc) is 3.13. The smallest absolute Gasteiger partial charge is 0.330 e. The molecule has 0 saturated heterocycles. The van der Waals surface area contributed by atoms with E-state index in [1.165, 1.54) is 14.2 Å². The van der Waals surface area contributed by atoms with Gasteiger partial charge in [0.2, 0.25) is 5.91 Å². The minimum atomic E-state index is -1.12. The summed E-state index contributed by atoms with van der Waals surface area (Å²) >= 11 is 0. The molecule has 0 spiro atoms. The zero-order valence-corrected chi connectivity index (χ0v) is 15.2. The molecular formula is C20H21NO6. The van der Waals surface area contributed by atoms with Crippen molar-refractivity contribution < 1.29 is 28.9 Å². The summed E-state index contributed by atoms with van der Waals surface area (Å²) in [6, 6.07) is 9.20. The monoisotopic (exact) mass is 371 g/mol. The molecule has 0 aromatic heterocycles. The average molecular weight is 371 g/mol. The van der Waals surface area contributed by atoms with Gasteiger partial charge in [-0.1, -0.05) is 12.1 Å². The molecule has 7 heteroatoms. The van der Waals surface area contributed by atoms with Crippen molar-refractivity contribution in [1.29, 1.82) is 0 Å². The number of aliphatic carboxylic acids is 1. The van der Waals surface area contributed by atoms with Crippen LogP contribution in [0.4, 0.5) is 0 Å². The Bertz CT molecular complexity index is 864. The molecule has 2 aromatic carbocycles. The van der Waals surface area contributed by atoms with Gasteiger partial charge in [-0.05, 0) is 41.0 Å². The summed E-state index contributed by atoms with van der Waals surface area (Å²) in [5.74, 6) is 0.321. The first-order valence-corrected chi connectivity index (χ1v) is 8.50. The molecule has 1 atom stereocenters. The molecule has 27 heavy (non-hydrogen) atoms. The maximum absolute atomic E-state index is 12.4. The highest BCUT2D eigenvalue weighted by Gasteiger charge is 2.24. The lowest BCUT2D eigenvalue weighted by Crippen LogP contribution is -2.34. The van der Waals surface area contributed by atoms with Crippen LogP contribution in [0.5, 0.6) is 17.2 Å². The van der Waals surface area contributed by atoms with Gasteiger partial charge in [0, 0.05) is 6.42 Å². The SMILES string of the molecule is COc1ccc(CC(=O)NC(C(=O)O)c2ccc3c(c2)CCO3)cc1OC. The van der Waals surface area contributed by atoms with Crippen molar-refractivity contribution in [2.75, 3.05) is 20.8 Å². The summed E-state index contributed by atoms with van der Waals surface area (Å²) < 4.78 is 15.8. The van der Waals surface area contributed by atoms with Crippen LogP contribution < -0.4 is 19.5 Å². The second-order valence-corrected chi connectivity index (χ2v) is 6.17. The van der Waals surface area contributed by atoms with Gasteiger partial charge in [0.15, 0.2) is 17.5 Å². The van der Waals surface area contributed by atoms with Crippen molar-refractivity contribution in [3.8, 4) is 17.2 Å². The molecule has 3 rings (SSSR count). The Balaban J connectivity index is 1.73. The number of carboxylic acid groups (broad SMARTS) is 1. The van der Waals surface area contributed by atoms with Gasteiger partial charge in [-0.25, -0.2) is 4.79 Å². The van der Waals surface area contributed by atoms with E-state index in [2.05, 4.69) is 5.32 Å². The Kier molecular flexibility index (Phi) is 5.49. The minimum absolute atomic E-state index is 0.0260. The number of hydrogen-bond acceptors (Lipinski definition) is 5. The number of fused-ring (bicyclic) bond motifs is 1. The lowest BCUT2D eigenvalue weighted by atomic mass is 10.0. The van der Waals surface area contributed by atoms with Gasteiger partial charge in [-0.15, -0.1) is 0 Å². The lowest BCUT2D eigenvalue weighted by molar-refractivity contribution is -0.141. The van der Waals surface area contributed by atoms with Crippen LogP contribution in [0.3, 0.4) is 0 Å². The van der Waals surface area contributed by atoms with E-state index in [1.54, 1.807) is 36.4 Å². The molecule has 0 radical (unpaired) electrons. The predicted molar refractivity (Wildman–Crippen MR) is 97.4 cm³/mol. The standard InChI is InChI=1S/C20H21NO6/c1-25-16-5-3-12(9-17(16)26-2)10-18(22)21-19(20(23)24)14-4-6-15-13(11-14)7-8-27-15/h3-6,9,11,19H,7-8,10H2,1-2H3,(H,21,22)(H,23,24). The third-order valence-electron chi connectivity index (χ3n) is 4.41. The maximum atomic E-state index is 12.4. The summed E-state index contributed by atoms with van der Waals surface area (Å²) in [6.45, 7) is 0.586. The molecule has 1 unspecified atom stereocenters. The number of methoxy groups -OCH3 is 2. The second-order valence-electron chi connectivity index (χ2n) is 6.17. The van der Waals surface area contributed by atoms with Crippen LogP contribution in [-0.2, 0) is 22.4 Å². The fraction of sp³-hybridized carbons (Fsp3) is 0.300. The van der Waals surface area contributed by atoms with E-state index in [-0.39, 0.29) is 6.42 Å². The summed E-state index contributed by atoms with van der Waals surface area (Å²) in [7, 11) is 3.04. The summed E-state index contributed by atoms with van der Waals surface area (Å²) in [6.07, 6.45) is 0.757. The lowest BCUT2D eigenvalue weighted by Gasteiger charge is -2.16. The van der Waals surface area contributed by atoms with Crippen molar-refractivity contribution in [3.63, 3.8) is 0 Å². The summed E-state index contributed by atoms with van der Waals surface area (Å²) in [5.41, 5.74) is 2.16. The van der Waals surface area contributed by atoms with Crippen LogP contribution >= 0.6 is 0 Å². The van der Waals surface area contributed by atoms with E-state index < -0.39 is 17.9 Å². The Morgan fingerprint density at radius 1 is 1.15 bits per heavy atom. The number of hydrogen-bond donors (Lipinski definition) is 2. The molecule has 2 N–H and O–H groups in total. The molecule has 1 heterocycles. The molecule has 0 saturated carbocycles. The zero-order valence-electron chi connectivity index (χ0n) is 15.2. The van der Waals surface area contributed by atoms with Crippen LogP contribution in [0.15, 0.2) is 36.4 Å². The van der Waals surface area contributed by atoms with Crippen molar-refractivity contribution in [3.05, 3.63) is 53.1 Å². The first kappa shape index (κ1) is 18.6. The molecule has 0 bridgehead atoms. The van der Waals surface area contributed by atoms with Gasteiger partial charge in [-0.2, -0.15) is 0 Å². The van der Waals surface area contributed by atoms with E-state index in [4.69, 9.17) is 14.2 Å². The van der Waals surface area contributed by atoms with Crippen LogP contribution in [-0.4, -0.2) is 37.8 Å². The Morgan fingerprint density at radius 2 is 1.93 bits per heavy atom. The normalized spacial score (nSPS) is 13.3. The third-order valence-corrected chi connectivity index (χ3v) is 4.41. The van der Waals surface area contributed by atoms with E-state index in [1.807, 2.05) is 0 Å². The number of carbonyl (C=O) groups excluding carboxylic acids is 1. The highest BCUT2D eigenvalue weighted by Crippen LogP contribution is 2.29. The molecule has 142 valence electrons. The minimum Gasteiger partial charge on any atom is -0.493 e. The van der Waals surface area contributed by atoms with E-state index >= 15 is 0 Å². The number of amides is 1. The van der Waals surface area contributed by atoms with Gasteiger partial charge in [0.1, 0.15) is 5.75 Å². The van der Waals surface area contributed by atoms with Crippen LogP contribution in [0.25, 0.3) is 0 Å². The van der Waals surface area contributed by atoms with E-state index in [0.717, 1.165) is 17.7 Å². The molecule has 0 fully saturated rings. The zero-order chi connectivity index (χ0) is 19.4. The molecular weight excluding hydrogens is 350 g/mol. The number of carboxylic acids is 1. The largest absolute Gasteiger partial charge is 0.493 e. The van der Waals surface area contributed by atoms with Gasteiger partial charge in [0.25, 0.3) is 0 Å². The fourth-order valence-electron chi connectivity index (χ4n) is 3.06. The fourth-order valence-corrected chi connectivity index (χ4v) is 3.06. The number of ether oxygens (including phenoxy) is 3. The number of rotatable bonds is 7. The van der Waals surface area contributed by atoms with Gasteiger partial charge < -0.3 is 24.6 Å². The third kappa shape index (κ3) is 4.13. The predicted octanol–water partition coefficient (Wildman–Crippen LogP) is 2.12. The van der Waals surface area contributed by atoms with Crippen molar-refractivity contribution >= 4 is 11.9 Å². The molecule has 1 amide bonds.